The van der Waals surface area contributed by atoms with Gasteiger partial charge in [-0.15, -0.1) is 0 Å². The maximum atomic E-state index is 14.1. The lowest BCUT2D eigenvalue weighted by atomic mass is 10.0. The first kappa shape index (κ1) is 30.4. The Labute approximate surface area is 235 Å². The number of benzene rings is 3. The molecule has 0 bridgehead atoms. The number of sulfonamides is 1. The van der Waals surface area contributed by atoms with Crippen LogP contribution in [0.15, 0.2) is 59.5 Å². The average Bonchev–Trinajstić information content (AvgIpc) is 2.97. The van der Waals surface area contributed by atoms with E-state index in [1.165, 1.54) is 52.7 Å². The summed E-state index contributed by atoms with van der Waals surface area (Å²) < 4.78 is 55.9. The number of amides is 1. The van der Waals surface area contributed by atoms with Gasteiger partial charge < -0.3 is 29.0 Å². The van der Waals surface area contributed by atoms with Crippen molar-refractivity contribution in [3.63, 3.8) is 0 Å². The second kappa shape index (κ2) is 13.3. The quantitative estimate of drug-likeness (QED) is 0.319. The number of carbonyl (C=O) groups excluding carboxylic acids is 1. The number of carbonyl (C=O) groups is 1. The molecule has 10 nitrogen and oxygen atoms in total. The fraction of sp³-hybridized carbons (Fsp3) is 0.345. The highest BCUT2D eigenvalue weighted by atomic mass is 32.2. The summed E-state index contributed by atoms with van der Waals surface area (Å²) in [5.41, 5.74) is 1.94. The third-order valence-corrected chi connectivity index (χ3v) is 8.21. The van der Waals surface area contributed by atoms with Crippen LogP contribution in [0.3, 0.4) is 0 Å². The highest BCUT2D eigenvalue weighted by molar-refractivity contribution is 7.92. The van der Waals surface area contributed by atoms with Crippen LogP contribution in [-0.2, 0) is 14.8 Å². The second-order valence-corrected chi connectivity index (χ2v) is 10.7. The molecule has 1 N–H and O–H groups in total. The van der Waals surface area contributed by atoms with E-state index in [-0.39, 0.29) is 28.1 Å². The van der Waals surface area contributed by atoms with Crippen LogP contribution in [0.5, 0.6) is 28.7 Å². The summed E-state index contributed by atoms with van der Waals surface area (Å²) in [6.45, 7) is 3.34. The number of ether oxygens (including phenoxy) is 5. The molecule has 1 atom stereocenters. The molecule has 0 aliphatic carbocycles. The Morgan fingerprint density at radius 2 is 1.43 bits per heavy atom. The Balaban J connectivity index is 2.05. The van der Waals surface area contributed by atoms with Crippen molar-refractivity contribution in [2.75, 3.05) is 46.4 Å². The molecule has 0 fully saturated rings. The van der Waals surface area contributed by atoms with Crippen molar-refractivity contribution in [3.05, 3.63) is 65.7 Å². The van der Waals surface area contributed by atoms with E-state index in [1.54, 1.807) is 19.2 Å². The maximum Gasteiger partial charge on any atom is 0.265 e. The van der Waals surface area contributed by atoms with Crippen LogP contribution >= 0.6 is 0 Å². The molecule has 0 aromatic heterocycles. The van der Waals surface area contributed by atoms with E-state index in [0.29, 0.717) is 17.9 Å². The van der Waals surface area contributed by atoms with Gasteiger partial charge in [0.1, 0.15) is 23.8 Å². The summed E-state index contributed by atoms with van der Waals surface area (Å²) >= 11 is 0. The summed E-state index contributed by atoms with van der Waals surface area (Å²) in [6, 6.07) is 14.3. The van der Waals surface area contributed by atoms with Crippen LogP contribution in [0.1, 0.15) is 30.5 Å². The lowest BCUT2D eigenvalue weighted by Gasteiger charge is -2.27. The fourth-order valence-corrected chi connectivity index (χ4v) is 5.74. The molecule has 3 rings (SSSR count). The number of aryl methyl sites for hydroxylation is 1. The molecule has 3 aromatic carbocycles. The van der Waals surface area contributed by atoms with Crippen molar-refractivity contribution in [2.45, 2.75) is 31.2 Å². The van der Waals surface area contributed by atoms with Crippen molar-refractivity contribution in [2.24, 2.45) is 0 Å². The summed E-state index contributed by atoms with van der Waals surface area (Å²) in [6.07, 6.45) is 0.586. The van der Waals surface area contributed by atoms with Gasteiger partial charge in [-0.2, -0.15) is 0 Å². The molecule has 0 heterocycles. The van der Waals surface area contributed by atoms with Crippen molar-refractivity contribution >= 4 is 21.6 Å². The van der Waals surface area contributed by atoms with Crippen molar-refractivity contribution in [1.82, 2.24) is 5.32 Å². The molecule has 40 heavy (non-hydrogen) atoms. The van der Waals surface area contributed by atoms with Crippen molar-refractivity contribution in [3.8, 4) is 28.7 Å². The van der Waals surface area contributed by atoms with E-state index in [4.69, 9.17) is 23.7 Å². The lowest BCUT2D eigenvalue weighted by molar-refractivity contribution is -0.120. The molecular formula is C29H36N2O8S. The predicted octanol–water partition coefficient (Wildman–Crippen LogP) is 4.50. The third-order valence-electron chi connectivity index (χ3n) is 6.45. The molecule has 216 valence electrons. The Morgan fingerprint density at radius 1 is 0.800 bits per heavy atom. The van der Waals surface area contributed by atoms with E-state index >= 15 is 0 Å². The van der Waals surface area contributed by atoms with Gasteiger partial charge in [0.2, 0.25) is 5.91 Å². The van der Waals surface area contributed by atoms with Gasteiger partial charge in [0.05, 0.1) is 52.2 Å². The summed E-state index contributed by atoms with van der Waals surface area (Å²) in [4.78, 5) is 13.4. The molecule has 0 spiro atoms. The van der Waals surface area contributed by atoms with E-state index in [0.717, 1.165) is 21.2 Å². The van der Waals surface area contributed by atoms with Crippen LogP contribution in [0.2, 0.25) is 0 Å². The molecule has 0 aliphatic heterocycles. The predicted molar refractivity (Wildman–Crippen MR) is 153 cm³/mol. The van der Waals surface area contributed by atoms with E-state index in [2.05, 4.69) is 5.32 Å². The van der Waals surface area contributed by atoms with Gasteiger partial charge in [0.25, 0.3) is 10.0 Å². The topological polar surface area (TPSA) is 113 Å². The Morgan fingerprint density at radius 3 is 2.00 bits per heavy atom. The zero-order valence-corrected chi connectivity index (χ0v) is 24.6. The largest absolute Gasteiger partial charge is 0.497 e. The van der Waals surface area contributed by atoms with Gasteiger partial charge >= 0.3 is 0 Å². The molecule has 1 amide bonds. The minimum absolute atomic E-state index is 0.0966. The number of methoxy groups -OCH3 is 5. The smallest absolute Gasteiger partial charge is 0.265 e. The highest BCUT2D eigenvalue weighted by Crippen LogP contribution is 2.37. The lowest BCUT2D eigenvalue weighted by Crippen LogP contribution is -2.42. The minimum Gasteiger partial charge on any atom is -0.497 e. The SMILES string of the molecule is CC[C@@H](NC(=O)CN(c1cc(OC)ccc1OC)S(=O)(=O)c1ccc(OC)c(OC)c1)c1ccc(OC)c(C)c1. The molecular weight excluding hydrogens is 536 g/mol. The molecule has 0 saturated carbocycles. The van der Waals surface area contributed by atoms with E-state index in [1.807, 2.05) is 32.0 Å². The minimum atomic E-state index is -4.30. The average molecular weight is 573 g/mol. The van der Waals surface area contributed by atoms with Crippen LogP contribution in [-0.4, -0.2) is 56.4 Å². The standard InChI is InChI=1S/C29H36N2O8S/c1-8-23(20-9-12-25(36-4)19(2)15-20)30-29(32)18-31(24-16-21(35-3)10-13-26(24)37-5)40(33,34)22-11-14-27(38-6)28(17-22)39-7/h9-17,23H,8,18H2,1-7H3,(H,30,32)/t23-/m1/s1. The first-order valence-electron chi connectivity index (χ1n) is 12.5. The summed E-state index contributed by atoms with van der Waals surface area (Å²) in [5.74, 6) is 1.47. The number of hydrogen-bond acceptors (Lipinski definition) is 8. The Hall–Kier alpha value is -4.12. The van der Waals surface area contributed by atoms with E-state index in [9.17, 15) is 13.2 Å². The Bertz CT molecular complexity index is 1440. The van der Waals surface area contributed by atoms with Crippen LogP contribution in [0, 0.1) is 6.92 Å². The van der Waals surface area contributed by atoms with Gasteiger partial charge in [-0.3, -0.25) is 9.10 Å². The first-order chi connectivity index (χ1) is 19.1. The van der Waals surface area contributed by atoms with E-state index < -0.39 is 22.5 Å². The number of nitrogens with one attached hydrogen (secondary N) is 1. The molecule has 0 aliphatic rings. The number of anilines is 1. The Kier molecular flexibility index (Phi) is 10.1. The zero-order chi connectivity index (χ0) is 29.4. The van der Waals surface area contributed by atoms with Gasteiger partial charge in [-0.05, 0) is 54.8 Å². The molecule has 0 saturated heterocycles. The third kappa shape index (κ3) is 6.53. The monoisotopic (exact) mass is 572 g/mol. The molecule has 0 radical (unpaired) electrons. The number of hydrogen-bond donors (Lipinski definition) is 1. The van der Waals surface area contributed by atoms with Crippen molar-refractivity contribution < 1.29 is 36.9 Å². The first-order valence-corrected chi connectivity index (χ1v) is 14.0. The van der Waals surface area contributed by atoms with Crippen molar-refractivity contribution in [1.29, 1.82) is 0 Å². The molecule has 3 aromatic rings. The van der Waals surface area contributed by atoms with Gasteiger partial charge in [0.15, 0.2) is 11.5 Å². The van der Waals surface area contributed by atoms with Crippen LogP contribution in [0.4, 0.5) is 5.69 Å². The fourth-order valence-electron chi connectivity index (χ4n) is 4.31. The zero-order valence-electron chi connectivity index (χ0n) is 23.8. The molecule has 11 heteroatoms. The summed E-state index contributed by atoms with van der Waals surface area (Å²) in [7, 11) is 3.05. The highest BCUT2D eigenvalue weighted by Gasteiger charge is 2.31. The van der Waals surface area contributed by atoms with Gasteiger partial charge in [-0.25, -0.2) is 8.42 Å². The number of nitrogens with zero attached hydrogens (tertiary/aromatic N) is 1. The maximum absolute atomic E-state index is 14.1. The number of rotatable bonds is 13. The summed E-state index contributed by atoms with van der Waals surface area (Å²) in [5, 5.41) is 2.98. The van der Waals surface area contributed by atoms with Crippen LogP contribution < -0.4 is 33.3 Å². The normalized spacial score (nSPS) is 11.8. The van der Waals surface area contributed by atoms with Gasteiger partial charge in [-0.1, -0.05) is 19.1 Å². The van der Waals surface area contributed by atoms with Gasteiger partial charge in [0, 0.05) is 12.1 Å². The molecule has 0 unspecified atom stereocenters. The van der Waals surface area contributed by atoms with Crippen LogP contribution in [0.25, 0.3) is 0 Å². The second-order valence-electron chi connectivity index (χ2n) is 8.82.